The summed E-state index contributed by atoms with van der Waals surface area (Å²) in [4.78, 5) is 12.4. The van der Waals surface area contributed by atoms with Crippen LogP contribution in [-0.4, -0.2) is 34.8 Å². The van der Waals surface area contributed by atoms with Crippen LogP contribution in [0.25, 0.3) is 5.69 Å². The van der Waals surface area contributed by atoms with Gasteiger partial charge in [-0.15, -0.1) is 12.4 Å². The molecule has 1 aliphatic rings. The van der Waals surface area contributed by atoms with Gasteiger partial charge < -0.3 is 10.6 Å². The quantitative estimate of drug-likeness (QED) is 0.891. The van der Waals surface area contributed by atoms with E-state index in [1.165, 1.54) is 0 Å². The summed E-state index contributed by atoms with van der Waals surface area (Å²) < 4.78 is 1.92. The maximum absolute atomic E-state index is 12.4. The van der Waals surface area contributed by atoms with Crippen molar-refractivity contribution in [2.24, 2.45) is 0 Å². The second-order valence-electron chi connectivity index (χ2n) is 6.18. The normalized spacial score (nSPS) is 17.2. The summed E-state index contributed by atoms with van der Waals surface area (Å²) in [6, 6.07) is 10.3. The lowest BCUT2D eigenvalue weighted by atomic mass is 10.1. The highest BCUT2D eigenvalue weighted by molar-refractivity contribution is 5.85. The number of hydrogen-bond acceptors (Lipinski definition) is 3. The number of piperidine rings is 1. The number of aryl methyl sites for hydroxylation is 1. The predicted octanol–water partition coefficient (Wildman–Crippen LogP) is 2.32. The molecule has 0 bridgehead atoms. The van der Waals surface area contributed by atoms with Crippen molar-refractivity contribution in [3.8, 4) is 5.69 Å². The first-order valence-corrected chi connectivity index (χ1v) is 8.26. The van der Waals surface area contributed by atoms with Gasteiger partial charge >= 0.3 is 0 Å². The lowest BCUT2D eigenvalue weighted by Crippen LogP contribution is -2.46. The molecule has 1 atom stereocenters. The standard InChI is InChI=1S/C18H24N4O.ClH/c1-13-17(11-18(23)20-15-7-6-10-19-12-15)14(2)22(21-13)16-8-4-3-5-9-16;/h3-5,8-9,15,19H,6-7,10-12H2,1-2H3,(H,20,23);1H. The largest absolute Gasteiger partial charge is 0.352 e. The molecule has 5 nitrogen and oxygen atoms in total. The average Bonchev–Trinajstić information content (AvgIpc) is 2.85. The molecule has 1 saturated heterocycles. The fraction of sp³-hybridized carbons (Fsp3) is 0.444. The van der Waals surface area contributed by atoms with E-state index in [0.717, 1.165) is 48.6 Å². The van der Waals surface area contributed by atoms with Crippen molar-refractivity contribution in [3.63, 3.8) is 0 Å². The van der Waals surface area contributed by atoms with Crippen LogP contribution in [0.5, 0.6) is 0 Å². The van der Waals surface area contributed by atoms with Crippen LogP contribution in [0.3, 0.4) is 0 Å². The molecule has 6 heteroatoms. The molecule has 0 aliphatic carbocycles. The highest BCUT2D eigenvalue weighted by Crippen LogP contribution is 2.18. The number of amides is 1. The van der Waals surface area contributed by atoms with Gasteiger partial charge in [-0.1, -0.05) is 18.2 Å². The first-order valence-electron chi connectivity index (χ1n) is 8.26. The molecular formula is C18H25ClN4O. The summed E-state index contributed by atoms with van der Waals surface area (Å²) in [6.07, 6.45) is 2.57. The Morgan fingerprint density at radius 2 is 2.08 bits per heavy atom. The maximum Gasteiger partial charge on any atom is 0.224 e. The SMILES string of the molecule is Cc1nn(-c2ccccc2)c(C)c1CC(=O)NC1CCCNC1.Cl. The summed E-state index contributed by atoms with van der Waals surface area (Å²) in [6.45, 7) is 5.91. The lowest BCUT2D eigenvalue weighted by Gasteiger charge is -2.23. The molecule has 2 N–H and O–H groups in total. The molecule has 3 rings (SSSR count). The minimum atomic E-state index is 0. The molecule has 2 aromatic rings. The van der Waals surface area contributed by atoms with Crippen molar-refractivity contribution < 1.29 is 4.79 Å². The third-order valence-corrected chi connectivity index (χ3v) is 4.44. The Balaban J connectivity index is 0.00000208. The zero-order chi connectivity index (χ0) is 16.2. The zero-order valence-electron chi connectivity index (χ0n) is 14.2. The molecule has 0 radical (unpaired) electrons. The van der Waals surface area contributed by atoms with Gasteiger partial charge in [-0.2, -0.15) is 5.10 Å². The Morgan fingerprint density at radius 3 is 2.75 bits per heavy atom. The van der Waals surface area contributed by atoms with Crippen molar-refractivity contribution in [1.82, 2.24) is 20.4 Å². The molecule has 130 valence electrons. The van der Waals surface area contributed by atoms with Crippen LogP contribution in [0.15, 0.2) is 30.3 Å². The Labute approximate surface area is 149 Å². The van der Waals surface area contributed by atoms with Gasteiger partial charge in [0, 0.05) is 23.8 Å². The van der Waals surface area contributed by atoms with E-state index in [9.17, 15) is 4.79 Å². The zero-order valence-corrected chi connectivity index (χ0v) is 15.0. The van der Waals surface area contributed by atoms with Gasteiger partial charge in [-0.05, 0) is 45.4 Å². The van der Waals surface area contributed by atoms with E-state index < -0.39 is 0 Å². The van der Waals surface area contributed by atoms with Gasteiger partial charge in [-0.3, -0.25) is 4.79 Å². The second-order valence-corrected chi connectivity index (χ2v) is 6.18. The minimum Gasteiger partial charge on any atom is -0.352 e. The topological polar surface area (TPSA) is 59.0 Å². The van der Waals surface area contributed by atoms with Crippen molar-refractivity contribution in [3.05, 3.63) is 47.3 Å². The monoisotopic (exact) mass is 348 g/mol. The van der Waals surface area contributed by atoms with E-state index in [1.807, 2.05) is 48.9 Å². The first-order chi connectivity index (χ1) is 11.1. The molecule has 1 aliphatic heterocycles. The number of carbonyl (C=O) groups excluding carboxylic acids is 1. The summed E-state index contributed by atoms with van der Waals surface area (Å²) >= 11 is 0. The number of halogens is 1. The van der Waals surface area contributed by atoms with Gasteiger partial charge in [0.15, 0.2) is 0 Å². The molecule has 1 unspecified atom stereocenters. The van der Waals surface area contributed by atoms with Crippen molar-refractivity contribution in [1.29, 1.82) is 0 Å². The van der Waals surface area contributed by atoms with Crippen molar-refractivity contribution in [2.45, 2.75) is 39.2 Å². The van der Waals surface area contributed by atoms with E-state index in [-0.39, 0.29) is 24.4 Å². The van der Waals surface area contributed by atoms with Gasteiger partial charge in [0.05, 0.1) is 17.8 Å². The van der Waals surface area contributed by atoms with Crippen LogP contribution in [0, 0.1) is 13.8 Å². The third-order valence-electron chi connectivity index (χ3n) is 4.44. The maximum atomic E-state index is 12.4. The van der Waals surface area contributed by atoms with Gasteiger partial charge in [0.1, 0.15) is 0 Å². The smallest absolute Gasteiger partial charge is 0.224 e. The number of nitrogens with one attached hydrogen (secondary N) is 2. The van der Waals surface area contributed by atoms with Crippen molar-refractivity contribution in [2.75, 3.05) is 13.1 Å². The molecular weight excluding hydrogens is 324 g/mol. The Kier molecular flexibility index (Phi) is 6.40. The summed E-state index contributed by atoms with van der Waals surface area (Å²) in [7, 11) is 0. The molecule has 1 amide bonds. The molecule has 2 heterocycles. The Morgan fingerprint density at radius 1 is 1.33 bits per heavy atom. The number of nitrogens with zero attached hydrogens (tertiary/aromatic N) is 2. The predicted molar refractivity (Wildman–Crippen MR) is 98.0 cm³/mol. The molecule has 1 fully saturated rings. The molecule has 0 saturated carbocycles. The lowest BCUT2D eigenvalue weighted by molar-refractivity contribution is -0.121. The van der Waals surface area contributed by atoms with Crippen LogP contribution < -0.4 is 10.6 Å². The van der Waals surface area contributed by atoms with Gasteiger partial charge in [0.2, 0.25) is 5.91 Å². The van der Waals surface area contributed by atoms with Gasteiger partial charge in [-0.25, -0.2) is 4.68 Å². The first kappa shape index (κ1) is 18.5. The van der Waals surface area contributed by atoms with E-state index in [1.54, 1.807) is 0 Å². The molecule has 1 aromatic carbocycles. The van der Waals surface area contributed by atoms with Crippen LogP contribution in [0.1, 0.15) is 29.8 Å². The number of rotatable bonds is 4. The van der Waals surface area contributed by atoms with E-state index in [2.05, 4.69) is 15.7 Å². The molecule has 1 aromatic heterocycles. The van der Waals surface area contributed by atoms with Crippen LogP contribution in [-0.2, 0) is 11.2 Å². The fourth-order valence-corrected chi connectivity index (χ4v) is 3.17. The highest BCUT2D eigenvalue weighted by Gasteiger charge is 2.19. The van der Waals surface area contributed by atoms with Crippen LogP contribution in [0.2, 0.25) is 0 Å². The summed E-state index contributed by atoms with van der Waals surface area (Å²) in [5, 5.41) is 11.1. The average molecular weight is 349 g/mol. The molecule has 24 heavy (non-hydrogen) atoms. The number of para-hydroxylation sites is 1. The number of aromatic nitrogens is 2. The van der Waals surface area contributed by atoms with E-state index >= 15 is 0 Å². The summed E-state index contributed by atoms with van der Waals surface area (Å²) in [5.41, 5.74) is 4.00. The Hall–Kier alpha value is -1.85. The minimum absolute atomic E-state index is 0. The number of benzene rings is 1. The third kappa shape index (κ3) is 4.16. The van der Waals surface area contributed by atoms with E-state index in [0.29, 0.717) is 6.42 Å². The van der Waals surface area contributed by atoms with Gasteiger partial charge in [0.25, 0.3) is 0 Å². The summed E-state index contributed by atoms with van der Waals surface area (Å²) in [5.74, 6) is 0.0810. The molecule has 0 spiro atoms. The van der Waals surface area contributed by atoms with E-state index in [4.69, 9.17) is 0 Å². The van der Waals surface area contributed by atoms with Crippen LogP contribution >= 0.6 is 12.4 Å². The number of hydrogen-bond donors (Lipinski definition) is 2. The van der Waals surface area contributed by atoms with Crippen LogP contribution in [0.4, 0.5) is 0 Å². The fourth-order valence-electron chi connectivity index (χ4n) is 3.17. The second kappa shape index (κ2) is 8.31. The number of carbonyl (C=O) groups is 1. The van der Waals surface area contributed by atoms with Crippen molar-refractivity contribution >= 4 is 18.3 Å². The highest BCUT2D eigenvalue weighted by atomic mass is 35.5. The Bertz CT molecular complexity index is 678.